The SMILES string of the molecule is Cn1cc(CCN=C=O)cn1. The molecule has 1 aromatic heterocycles. The molecule has 58 valence electrons. The predicted octanol–water partition coefficient (Wildman–Crippen LogP) is 0.298. The lowest BCUT2D eigenvalue weighted by molar-refractivity contribution is 0.563. The van der Waals surface area contributed by atoms with E-state index < -0.39 is 0 Å². The number of carbonyl (C=O) groups excluding carboxylic acids is 1. The molecule has 1 rings (SSSR count). The molecule has 1 aromatic rings. The Morgan fingerprint density at radius 1 is 1.82 bits per heavy atom. The highest BCUT2D eigenvalue weighted by Crippen LogP contribution is 1.96. The van der Waals surface area contributed by atoms with Gasteiger partial charge < -0.3 is 0 Å². The van der Waals surface area contributed by atoms with Crippen LogP contribution in [0.1, 0.15) is 5.56 Å². The molecule has 0 amide bonds. The van der Waals surface area contributed by atoms with Crippen molar-refractivity contribution in [3.8, 4) is 0 Å². The van der Waals surface area contributed by atoms with E-state index in [2.05, 4.69) is 10.1 Å². The molecule has 0 saturated carbocycles. The van der Waals surface area contributed by atoms with Crippen LogP contribution in [-0.4, -0.2) is 22.4 Å². The van der Waals surface area contributed by atoms with Crippen molar-refractivity contribution in [3.63, 3.8) is 0 Å². The van der Waals surface area contributed by atoms with Gasteiger partial charge in [0.2, 0.25) is 6.08 Å². The summed E-state index contributed by atoms with van der Waals surface area (Å²) in [6.45, 7) is 0.495. The summed E-state index contributed by atoms with van der Waals surface area (Å²) in [5.41, 5.74) is 1.09. The molecule has 0 fully saturated rings. The van der Waals surface area contributed by atoms with E-state index in [9.17, 15) is 4.79 Å². The van der Waals surface area contributed by atoms with Gasteiger partial charge >= 0.3 is 0 Å². The molecule has 0 bridgehead atoms. The molecule has 4 nitrogen and oxygen atoms in total. The average molecular weight is 151 g/mol. The van der Waals surface area contributed by atoms with Crippen LogP contribution in [-0.2, 0) is 18.3 Å². The number of isocyanates is 1. The van der Waals surface area contributed by atoms with Crippen molar-refractivity contribution >= 4 is 6.08 Å². The summed E-state index contributed by atoms with van der Waals surface area (Å²) in [4.78, 5) is 13.1. The predicted molar refractivity (Wildman–Crippen MR) is 39.9 cm³/mol. The molecule has 0 saturated heterocycles. The van der Waals surface area contributed by atoms with Gasteiger partial charge in [-0.3, -0.25) is 4.68 Å². The molecule has 1 heterocycles. The van der Waals surface area contributed by atoms with Crippen LogP contribution in [0.5, 0.6) is 0 Å². The molecule has 0 atom stereocenters. The maximum Gasteiger partial charge on any atom is 0.234 e. The Bertz CT molecular complexity index is 273. The number of aromatic nitrogens is 2. The molecule has 0 aromatic carbocycles. The zero-order chi connectivity index (χ0) is 8.10. The summed E-state index contributed by atoms with van der Waals surface area (Å²) in [5, 5.41) is 3.97. The molecular formula is C7H9N3O. The lowest BCUT2D eigenvalue weighted by Crippen LogP contribution is -1.87. The normalized spacial score (nSPS) is 9.18. The third kappa shape index (κ3) is 2.35. The molecule has 4 heteroatoms. The fourth-order valence-electron chi connectivity index (χ4n) is 0.832. The first-order valence-electron chi connectivity index (χ1n) is 3.34. The zero-order valence-corrected chi connectivity index (χ0v) is 6.32. The maximum absolute atomic E-state index is 9.69. The first kappa shape index (κ1) is 7.69. The van der Waals surface area contributed by atoms with E-state index in [4.69, 9.17) is 0 Å². The van der Waals surface area contributed by atoms with E-state index in [-0.39, 0.29) is 0 Å². The second-order valence-electron chi connectivity index (χ2n) is 2.25. The van der Waals surface area contributed by atoms with Crippen LogP contribution in [0.2, 0.25) is 0 Å². The zero-order valence-electron chi connectivity index (χ0n) is 6.32. The summed E-state index contributed by atoms with van der Waals surface area (Å²) in [6, 6.07) is 0. The summed E-state index contributed by atoms with van der Waals surface area (Å²) in [5.74, 6) is 0. The lowest BCUT2D eigenvalue weighted by Gasteiger charge is -1.86. The third-order valence-electron chi connectivity index (χ3n) is 1.34. The summed E-state index contributed by atoms with van der Waals surface area (Å²) in [6.07, 6.45) is 5.91. The number of rotatable bonds is 3. The summed E-state index contributed by atoms with van der Waals surface area (Å²) < 4.78 is 1.72. The second-order valence-corrected chi connectivity index (χ2v) is 2.25. The van der Waals surface area contributed by atoms with Gasteiger partial charge in [-0.1, -0.05) is 0 Å². The van der Waals surface area contributed by atoms with Gasteiger partial charge in [-0.2, -0.15) is 5.10 Å². The Morgan fingerprint density at radius 3 is 3.18 bits per heavy atom. The fraction of sp³-hybridized carbons (Fsp3) is 0.429. The summed E-state index contributed by atoms with van der Waals surface area (Å²) >= 11 is 0. The minimum Gasteiger partial charge on any atom is -0.276 e. The van der Waals surface area contributed by atoms with Crippen molar-refractivity contribution < 1.29 is 4.79 Å². The van der Waals surface area contributed by atoms with Crippen LogP contribution < -0.4 is 0 Å². The monoisotopic (exact) mass is 151 g/mol. The van der Waals surface area contributed by atoms with Crippen molar-refractivity contribution in [1.82, 2.24) is 9.78 Å². The molecule has 0 aliphatic heterocycles. The molecule has 0 aliphatic rings. The van der Waals surface area contributed by atoms with Gasteiger partial charge in [0.25, 0.3) is 0 Å². The number of hydrogen-bond acceptors (Lipinski definition) is 3. The molecule has 0 radical (unpaired) electrons. The van der Waals surface area contributed by atoms with Crippen LogP contribution in [0.4, 0.5) is 0 Å². The van der Waals surface area contributed by atoms with Crippen molar-refractivity contribution in [1.29, 1.82) is 0 Å². The number of nitrogens with zero attached hydrogens (tertiary/aromatic N) is 3. The first-order chi connectivity index (χ1) is 5.33. The van der Waals surface area contributed by atoms with E-state index in [1.807, 2.05) is 13.2 Å². The van der Waals surface area contributed by atoms with Gasteiger partial charge in [0, 0.05) is 13.2 Å². The smallest absolute Gasteiger partial charge is 0.234 e. The molecule has 0 aliphatic carbocycles. The van der Waals surface area contributed by atoms with Gasteiger partial charge in [-0.05, 0) is 12.0 Å². The minimum atomic E-state index is 0.495. The number of aryl methyl sites for hydroxylation is 1. The largest absolute Gasteiger partial charge is 0.276 e. The van der Waals surface area contributed by atoms with Crippen molar-refractivity contribution in [2.45, 2.75) is 6.42 Å². The molecule has 0 spiro atoms. The Hall–Kier alpha value is -1.41. The van der Waals surface area contributed by atoms with Crippen LogP contribution in [0, 0.1) is 0 Å². The van der Waals surface area contributed by atoms with Gasteiger partial charge in [0.1, 0.15) is 0 Å². The quantitative estimate of drug-likeness (QED) is 0.460. The molecular weight excluding hydrogens is 142 g/mol. The average Bonchev–Trinajstić information content (AvgIpc) is 2.37. The van der Waals surface area contributed by atoms with Gasteiger partial charge in [-0.25, -0.2) is 9.79 Å². The highest BCUT2D eigenvalue weighted by molar-refractivity contribution is 5.32. The third-order valence-corrected chi connectivity index (χ3v) is 1.34. The Labute approximate surface area is 64.6 Å². The van der Waals surface area contributed by atoms with Crippen LogP contribution in [0.15, 0.2) is 17.4 Å². The Kier molecular flexibility index (Phi) is 2.58. The first-order valence-corrected chi connectivity index (χ1v) is 3.34. The van der Waals surface area contributed by atoms with Crippen LogP contribution in [0.25, 0.3) is 0 Å². The molecule has 11 heavy (non-hydrogen) atoms. The van der Waals surface area contributed by atoms with Crippen LogP contribution in [0.3, 0.4) is 0 Å². The van der Waals surface area contributed by atoms with Gasteiger partial charge in [0.15, 0.2) is 0 Å². The van der Waals surface area contributed by atoms with E-state index in [0.29, 0.717) is 6.54 Å². The highest BCUT2D eigenvalue weighted by atomic mass is 16.1. The van der Waals surface area contributed by atoms with Crippen molar-refractivity contribution in [2.24, 2.45) is 12.0 Å². The van der Waals surface area contributed by atoms with Gasteiger partial charge in [-0.15, -0.1) is 0 Å². The van der Waals surface area contributed by atoms with Gasteiger partial charge in [0.05, 0.1) is 12.7 Å². The minimum absolute atomic E-state index is 0.495. The summed E-state index contributed by atoms with van der Waals surface area (Å²) in [7, 11) is 1.85. The van der Waals surface area contributed by atoms with E-state index >= 15 is 0 Å². The molecule has 0 N–H and O–H groups in total. The number of hydrogen-bond donors (Lipinski definition) is 0. The number of aliphatic imine (C=N–C) groups is 1. The van der Waals surface area contributed by atoms with E-state index in [0.717, 1.165) is 12.0 Å². The van der Waals surface area contributed by atoms with E-state index in [1.165, 1.54) is 6.08 Å². The molecule has 0 unspecified atom stereocenters. The van der Waals surface area contributed by atoms with E-state index in [1.54, 1.807) is 10.9 Å². The maximum atomic E-state index is 9.69. The van der Waals surface area contributed by atoms with Crippen LogP contribution >= 0.6 is 0 Å². The fourth-order valence-corrected chi connectivity index (χ4v) is 0.832. The highest BCUT2D eigenvalue weighted by Gasteiger charge is 1.93. The lowest BCUT2D eigenvalue weighted by atomic mass is 10.3. The van der Waals surface area contributed by atoms with Crippen molar-refractivity contribution in [2.75, 3.05) is 6.54 Å². The Balaban J connectivity index is 2.44. The Morgan fingerprint density at radius 2 is 2.64 bits per heavy atom. The standard InChI is InChI=1S/C7H9N3O/c1-10-5-7(4-9-10)2-3-8-6-11/h4-5H,2-3H2,1H3. The topological polar surface area (TPSA) is 47.2 Å². The second kappa shape index (κ2) is 3.68. The van der Waals surface area contributed by atoms with Crippen molar-refractivity contribution in [3.05, 3.63) is 18.0 Å².